The van der Waals surface area contributed by atoms with Gasteiger partial charge in [-0.3, -0.25) is 10.2 Å². The minimum atomic E-state index is -1.04. The Hall–Kier alpha value is -3.49. The van der Waals surface area contributed by atoms with E-state index in [-0.39, 0.29) is 11.6 Å². The standard InChI is InChI=1S/C28H33FN4O3/c1-33-15-14-25(23(29)17-33)36-21-11-8-18(9-12-21)26(31)22-16-20(10-13-24(22)30)32-28(34)27(35-2)19-6-4-3-5-7-19/h4,6-13,16,23,25,27,31H,3,5,14-15,17,30H2,1-2H3,(H,32,34). The number of anilines is 2. The van der Waals surface area contributed by atoms with E-state index in [9.17, 15) is 9.18 Å². The third kappa shape index (κ3) is 6.01. The number of benzene rings is 2. The van der Waals surface area contributed by atoms with Gasteiger partial charge < -0.3 is 25.4 Å². The number of hydrogen-bond acceptors (Lipinski definition) is 6. The van der Waals surface area contributed by atoms with Gasteiger partial charge in [0.1, 0.15) is 18.0 Å². The topological polar surface area (TPSA) is 101 Å². The smallest absolute Gasteiger partial charge is 0.258 e. The lowest BCUT2D eigenvalue weighted by molar-refractivity contribution is -0.123. The van der Waals surface area contributed by atoms with Crippen LogP contribution in [0.25, 0.3) is 0 Å². The monoisotopic (exact) mass is 492 g/mol. The summed E-state index contributed by atoms with van der Waals surface area (Å²) < 4.78 is 25.6. The van der Waals surface area contributed by atoms with Crippen LogP contribution in [0.5, 0.6) is 5.75 Å². The number of nitrogens with one attached hydrogen (secondary N) is 2. The second-order valence-corrected chi connectivity index (χ2v) is 9.21. The first kappa shape index (κ1) is 25.6. The maximum atomic E-state index is 14.3. The van der Waals surface area contributed by atoms with Crippen molar-refractivity contribution in [3.8, 4) is 5.75 Å². The molecular formula is C28H33FN4O3. The van der Waals surface area contributed by atoms with Crippen LogP contribution in [0, 0.1) is 5.41 Å². The van der Waals surface area contributed by atoms with Crippen molar-refractivity contribution in [3.63, 3.8) is 0 Å². The number of methoxy groups -OCH3 is 1. The van der Waals surface area contributed by atoms with Gasteiger partial charge >= 0.3 is 0 Å². The molecule has 7 nitrogen and oxygen atoms in total. The molecule has 1 heterocycles. The van der Waals surface area contributed by atoms with Crippen molar-refractivity contribution in [1.82, 2.24) is 4.90 Å². The van der Waals surface area contributed by atoms with E-state index in [0.29, 0.717) is 41.2 Å². The van der Waals surface area contributed by atoms with E-state index < -0.39 is 18.4 Å². The maximum Gasteiger partial charge on any atom is 0.258 e. The molecule has 1 aliphatic heterocycles. The summed E-state index contributed by atoms with van der Waals surface area (Å²) in [4.78, 5) is 14.8. The van der Waals surface area contributed by atoms with Crippen LogP contribution in [0.3, 0.4) is 0 Å². The van der Waals surface area contributed by atoms with Crippen molar-refractivity contribution in [2.24, 2.45) is 0 Å². The van der Waals surface area contributed by atoms with Gasteiger partial charge in [0, 0.05) is 42.7 Å². The molecule has 0 bridgehead atoms. The predicted molar refractivity (Wildman–Crippen MR) is 141 cm³/mol. The lowest BCUT2D eigenvalue weighted by Gasteiger charge is -2.32. The first-order valence-electron chi connectivity index (χ1n) is 12.1. The summed E-state index contributed by atoms with van der Waals surface area (Å²) in [6.45, 7) is 1.15. The highest BCUT2D eigenvalue weighted by Crippen LogP contribution is 2.25. The predicted octanol–water partition coefficient (Wildman–Crippen LogP) is 4.34. The largest absolute Gasteiger partial charge is 0.487 e. The molecule has 2 aromatic rings. The lowest BCUT2D eigenvalue weighted by atomic mass is 9.99. The van der Waals surface area contributed by atoms with E-state index in [1.54, 1.807) is 42.5 Å². The maximum absolute atomic E-state index is 14.3. The molecule has 1 amide bonds. The average Bonchev–Trinajstić information content (AvgIpc) is 2.88. The Morgan fingerprint density at radius 1 is 1.22 bits per heavy atom. The molecule has 1 saturated heterocycles. The highest BCUT2D eigenvalue weighted by atomic mass is 19.1. The molecule has 2 aromatic carbocycles. The molecule has 4 N–H and O–H groups in total. The highest BCUT2D eigenvalue weighted by Gasteiger charge is 2.29. The van der Waals surface area contributed by atoms with E-state index in [2.05, 4.69) is 5.32 Å². The molecular weight excluding hydrogens is 459 g/mol. The van der Waals surface area contributed by atoms with E-state index in [1.165, 1.54) is 7.11 Å². The molecule has 0 saturated carbocycles. The first-order valence-corrected chi connectivity index (χ1v) is 12.1. The van der Waals surface area contributed by atoms with Crippen LogP contribution >= 0.6 is 0 Å². The number of carbonyl (C=O) groups excluding carboxylic acids is 1. The summed E-state index contributed by atoms with van der Waals surface area (Å²) in [5, 5.41) is 11.6. The van der Waals surface area contributed by atoms with Crippen LogP contribution in [0.1, 0.15) is 30.4 Å². The van der Waals surface area contributed by atoms with E-state index in [0.717, 1.165) is 25.0 Å². The fraction of sp³-hybridized carbons (Fsp3) is 0.357. The number of rotatable bonds is 8. The number of allylic oxidation sites excluding steroid dienone is 2. The van der Waals surface area contributed by atoms with Crippen molar-refractivity contribution in [3.05, 3.63) is 77.4 Å². The Balaban J connectivity index is 1.45. The quantitative estimate of drug-likeness (QED) is 0.376. The van der Waals surface area contributed by atoms with Crippen molar-refractivity contribution < 1.29 is 18.7 Å². The molecule has 0 aromatic heterocycles. The van der Waals surface area contributed by atoms with Crippen molar-refractivity contribution in [1.29, 1.82) is 5.41 Å². The van der Waals surface area contributed by atoms with Gasteiger partial charge in [0.15, 0.2) is 6.10 Å². The Morgan fingerprint density at radius 2 is 2.00 bits per heavy atom. The van der Waals surface area contributed by atoms with Crippen molar-refractivity contribution in [2.75, 3.05) is 38.3 Å². The van der Waals surface area contributed by atoms with Crippen molar-refractivity contribution >= 4 is 23.0 Å². The zero-order valence-corrected chi connectivity index (χ0v) is 20.7. The fourth-order valence-electron chi connectivity index (χ4n) is 4.48. The van der Waals surface area contributed by atoms with Crippen LogP contribution in [-0.4, -0.2) is 62.1 Å². The number of ether oxygens (including phenoxy) is 2. The normalized spacial score (nSPS) is 20.9. The zero-order chi connectivity index (χ0) is 25.7. The van der Waals surface area contributed by atoms with Gasteiger partial charge in [-0.05, 0) is 74.3 Å². The van der Waals surface area contributed by atoms with Gasteiger partial charge in [-0.1, -0.05) is 18.2 Å². The van der Waals surface area contributed by atoms with Gasteiger partial charge in [0.05, 0.1) is 5.71 Å². The lowest BCUT2D eigenvalue weighted by Crippen LogP contribution is -2.45. The van der Waals surface area contributed by atoms with Crippen molar-refractivity contribution in [2.45, 2.75) is 37.6 Å². The van der Waals surface area contributed by atoms with Gasteiger partial charge in [0.2, 0.25) is 0 Å². The van der Waals surface area contributed by atoms with Gasteiger partial charge in [-0.25, -0.2) is 4.39 Å². The number of nitrogens with zero attached hydrogens (tertiary/aromatic N) is 1. The minimum absolute atomic E-state index is 0.207. The molecule has 3 atom stereocenters. The van der Waals surface area contributed by atoms with Gasteiger partial charge in [-0.2, -0.15) is 0 Å². The van der Waals surface area contributed by atoms with E-state index in [1.807, 2.05) is 30.2 Å². The number of nitrogens with two attached hydrogens (primary N) is 1. The number of nitrogen functional groups attached to an aromatic ring is 1. The van der Waals surface area contributed by atoms with Crippen LogP contribution < -0.4 is 15.8 Å². The summed E-state index contributed by atoms with van der Waals surface area (Å²) in [5.74, 6) is 0.272. The summed E-state index contributed by atoms with van der Waals surface area (Å²) in [7, 11) is 3.41. The molecule has 1 aliphatic carbocycles. The van der Waals surface area contributed by atoms with Crippen LogP contribution in [0.15, 0.2) is 66.3 Å². The SMILES string of the molecule is COC(C(=O)Nc1ccc(N)c(C(=N)c2ccc(OC3CCN(C)CC3F)cc2)c1)C1=CCCC=C1. The number of piperidine rings is 1. The van der Waals surface area contributed by atoms with E-state index in [4.69, 9.17) is 20.6 Å². The Labute approximate surface area is 211 Å². The Bertz CT molecular complexity index is 1160. The second-order valence-electron chi connectivity index (χ2n) is 9.21. The number of hydrogen-bond donors (Lipinski definition) is 3. The molecule has 0 spiro atoms. The summed E-state index contributed by atoms with van der Waals surface area (Å²) in [5.41, 5.74) is 9.27. The molecule has 2 aliphatic rings. The molecule has 1 fully saturated rings. The third-order valence-corrected chi connectivity index (χ3v) is 6.51. The minimum Gasteiger partial charge on any atom is -0.487 e. The highest BCUT2D eigenvalue weighted by molar-refractivity contribution is 6.14. The van der Waals surface area contributed by atoms with Crippen LogP contribution in [-0.2, 0) is 9.53 Å². The van der Waals surface area contributed by atoms with E-state index >= 15 is 0 Å². The molecule has 4 rings (SSSR count). The number of alkyl halides is 1. The Kier molecular flexibility index (Phi) is 8.18. The van der Waals surface area contributed by atoms with Gasteiger partial charge in [0.25, 0.3) is 5.91 Å². The summed E-state index contributed by atoms with van der Waals surface area (Å²) in [6, 6.07) is 12.1. The second kappa shape index (κ2) is 11.5. The molecule has 36 heavy (non-hydrogen) atoms. The van der Waals surface area contributed by atoms with Gasteiger partial charge in [-0.15, -0.1) is 0 Å². The fourth-order valence-corrected chi connectivity index (χ4v) is 4.48. The number of likely N-dealkylation sites (tertiary alicyclic amines) is 1. The average molecular weight is 493 g/mol. The summed E-state index contributed by atoms with van der Waals surface area (Å²) >= 11 is 0. The molecule has 190 valence electrons. The Morgan fingerprint density at radius 3 is 2.67 bits per heavy atom. The number of carbonyl (C=O) groups is 1. The first-order chi connectivity index (χ1) is 17.4. The number of halogens is 1. The summed E-state index contributed by atoms with van der Waals surface area (Å²) in [6.07, 6.45) is 6.16. The van der Waals surface area contributed by atoms with Crippen LogP contribution in [0.4, 0.5) is 15.8 Å². The molecule has 3 unspecified atom stereocenters. The molecule has 0 radical (unpaired) electrons. The molecule has 8 heteroatoms. The zero-order valence-electron chi connectivity index (χ0n) is 20.7. The number of amides is 1. The third-order valence-electron chi connectivity index (χ3n) is 6.51. The van der Waals surface area contributed by atoms with Crippen LogP contribution in [0.2, 0.25) is 0 Å².